The van der Waals surface area contributed by atoms with Gasteiger partial charge in [-0.15, -0.1) is 0 Å². The Morgan fingerprint density at radius 3 is 2.59 bits per heavy atom. The van der Waals surface area contributed by atoms with E-state index in [1.807, 2.05) is 0 Å². The van der Waals surface area contributed by atoms with Gasteiger partial charge in [0.1, 0.15) is 0 Å². The minimum atomic E-state index is -0.341. The van der Waals surface area contributed by atoms with Gasteiger partial charge in [-0.1, -0.05) is 19.9 Å². The van der Waals surface area contributed by atoms with Crippen molar-refractivity contribution in [1.29, 1.82) is 0 Å². The summed E-state index contributed by atoms with van der Waals surface area (Å²) in [5.41, 5.74) is 0.967. The number of amides is 3. The van der Waals surface area contributed by atoms with Crippen LogP contribution in [0.2, 0.25) is 0 Å². The van der Waals surface area contributed by atoms with Gasteiger partial charge < -0.3 is 16.0 Å². The van der Waals surface area contributed by atoms with Gasteiger partial charge in [-0.05, 0) is 31.0 Å². The smallest absolute Gasteiger partial charge is 0.251 e. The molecule has 1 aliphatic rings. The van der Waals surface area contributed by atoms with Crippen LogP contribution in [-0.2, 0) is 9.59 Å². The summed E-state index contributed by atoms with van der Waals surface area (Å²) < 4.78 is 0. The third-order valence-corrected chi connectivity index (χ3v) is 3.27. The first-order chi connectivity index (χ1) is 10.5. The monoisotopic (exact) mass is 303 g/mol. The van der Waals surface area contributed by atoms with Crippen molar-refractivity contribution >= 4 is 23.4 Å². The van der Waals surface area contributed by atoms with E-state index in [0.29, 0.717) is 11.3 Å². The lowest BCUT2D eigenvalue weighted by Crippen LogP contribution is -2.37. The Kier molecular flexibility index (Phi) is 5.14. The largest absolute Gasteiger partial charge is 0.352 e. The standard InChI is InChI=1S/C16H21N3O3/c1-10(2)15(21)19-13-5-3-4-11(8-13)16(22)17-9-14(20)18-12-6-7-12/h3-5,8,10,12H,6-7,9H2,1-2H3,(H,17,22)(H,18,20)(H,19,21). The van der Waals surface area contributed by atoms with Gasteiger partial charge in [-0.25, -0.2) is 0 Å². The van der Waals surface area contributed by atoms with Crippen molar-refractivity contribution in [3.8, 4) is 0 Å². The number of hydrogen-bond donors (Lipinski definition) is 3. The Morgan fingerprint density at radius 1 is 1.23 bits per heavy atom. The maximum absolute atomic E-state index is 12.0. The van der Waals surface area contributed by atoms with Gasteiger partial charge in [0, 0.05) is 23.2 Å². The Balaban J connectivity index is 1.88. The quantitative estimate of drug-likeness (QED) is 0.740. The first-order valence-electron chi connectivity index (χ1n) is 7.44. The molecule has 1 saturated carbocycles. The molecule has 0 aliphatic heterocycles. The van der Waals surface area contributed by atoms with Crippen LogP contribution in [-0.4, -0.2) is 30.3 Å². The number of benzene rings is 1. The van der Waals surface area contributed by atoms with Crippen LogP contribution >= 0.6 is 0 Å². The van der Waals surface area contributed by atoms with Crippen molar-refractivity contribution in [1.82, 2.24) is 10.6 Å². The highest BCUT2D eigenvalue weighted by atomic mass is 16.2. The summed E-state index contributed by atoms with van der Waals surface area (Å²) in [5, 5.41) is 8.11. The van der Waals surface area contributed by atoms with E-state index < -0.39 is 0 Å². The first kappa shape index (κ1) is 16.0. The van der Waals surface area contributed by atoms with E-state index in [1.54, 1.807) is 38.1 Å². The molecule has 0 heterocycles. The molecule has 1 aromatic carbocycles. The Labute approximate surface area is 129 Å². The molecule has 1 fully saturated rings. The van der Waals surface area contributed by atoms with Gasteiger partial charge in [0.2, 0.25) is 11.8 Å². The van der Waals surface area contributed by atoms with Crippen molar-refractivity contribution < 1.29 is 14.4 Å². The normalized spacial score (nSPS) is 13.6. The van der Waals surface area contributed by atoms with Gasteiger partial charge in [-0.2, -0.15) is 0 Å². The van der Waals surface area contributed by atoms with Crippen molar-refractivity contribution in [2.45, 2.75) is 32.7 Å². The molecule has 2 rings (SSSR count). The zero-order valence-electron chi connectivity index (χ0n) is 12.8. The van der Waals surface area contributed by atoms with Crippen LogP contribution in [0.1, 0.15) is 37.0 Å². The SMILES string of the molecule is CC(C)C(=O)Nc1cccc(C(=O)NCC(=O)NC2CC2)c1. The topological polar surface area (TPSA) is 87.3 Å². The van der Waals surface area contributed by atoms with Crippen LogP contribution in [0.15, 0.2) is 24.3 Å². The van der Waals surface area contributed by atoms with Crippen LogP contribution in [0.3, 0.4) is 0 Å². The number of carbonyl (C=O) groups excluding carboxylic acids is 3. The molecule has 118 valence electrons. The van der Waals surface area contributed by atoms with Crippen LogP contribution in [0.5, 0.6) is 0 Å². The summed E-state index contributed by atoms with van der Waals surface area (Å²) in [6.45, 7) is 3.55. The third kappa shape index (κ3) is 4.87. The molecular weight excluding hydrogens is 282 g/mol. The third-order valence-electron chi connectivity index (χ3n) is 3.27. The van der Waals surface area contributed by atoms with Crippen LogP contribution in [0, 0.1) is 5.92 Å². The Bertz CT molecular complexity index is 580. The maximum atomic E-state index is 12.0. The molecule has 0 aromatic heterocycles. The molecule has 6 heteroatoms. The fourth-order valence-corrected chi connectivity index (χ4v) is 1.79. The second kappa shape index (κ2) is 7.06. The Morgan fingerprint density at radius 2 is 1.95 bits per heavy atom. The number of rotatable bonds is 6. The maximum Gasteiger partial charge on any atom is 0.251 e. The lowest BCUT2D eigenvalue weighted by molar-refractivity contribution is -0.120. The van der Waals surface area contributed by atoms with E-state index in [9.17, 15) is 14.4 Å². The molecule has 6 nitrogen and oxygen atoms in total. The highest BCUT2D eigenvalue weighted by Crippen LogP contribution is 2.18. The van der Waals surface area contributed by atoms with Crippen molar-refractivity contribution in [2.75, 3.05) is 11.9 Å². The van der Waals surface area contributed by atoms with Crippen molar-refractivity contribution in [2.24, 2.45) is 5.92 Å². The lowest BCUT2D eigenvalue weighted by Gasteiger charge is -2.10. The van der Waals surface area contributed by atoms with E-state index in [2.05, 4.69) is 16.0 Å². The van der Waals surface area contributed by atoms with Gasteiger partial charge in [0.15, 0.2) is 0 Å². The van der Waals surface area contributed by atoms with E-state index in [-0.39, 0.29) is 36.2 Å². The van der Waals surface area contributed by atoms with E-state index >= 15 is 0 Å². The average Bonchev–Trinajstić information content (AvgIpc) is 3.28. The van der Waals surface area contributed by atoms with Gasteiger partial charge in [0.05, 0.1) is 6.54 Å². The first-order valence-corrected chi connectivity index (χ1v) is 7.44. The molecule has 1 aliphatic carbocycles. The highest BCUT2D eigenvalue weighted by molar-refractivity contribution is 5.98. The molecule has 0 radical (unpaired) electrons. The minimum Gasteiger partial charge on any atom is -0.352 e. The molecule has 22 heavy (non-hydrogen) atoms. The molecule has 0 atom stereocenters. The summed E-state index contributed by atoms with van der Waals surface area (Å²) in [7, 11) is 0. The number of hydrogen-bond acceptors (Lipinski definition) is 3. The summed E-state index contributed by atoms with van der Waals surface area (Å²) >= 11 is 0. The van der Waals surface area contributed by atoms with Gasteiger partial charge in [0.25, 0.3) is 5.91 Å². The van der Waals surface area contributed by atoms with Crippen LogP contribution in [0.4, 0.5) is 5.69 Å². The second-order valence-electron chi connectivity index (χ2n) is 5.75. The fourth-order valence-electron chi connectivity index (χ4n) is 1.79. The zero-order valence-corrected chi connectivity index (χ0v) is 12.8. The van der Waals surface area contributed by atoms with E-state index in [1.165, 1.54) is 0 Å². The fraction of sp³-hybridized carbons (Fsp3) is 0.438. The van der Waals surface area contributed by atoms with E-state index in [0.717, 1.165) is 12.8 Å². The summed E-state index contributed by atoms with van der Waals surface area (Å²) in [6, 6.07) is 6.92. The minimum absolute atomic E-state index is 0.0437. The van der Waals surface area contributed by atoms with Gasteiger partial charge in [-0.3, -0.25) is 14.4 Å². The van der Waals surface area contributed by atoms with Crippen molar-refractivity contribution in [3.63, 3.8) is 0 Å². The summed E-state index contributed by atoms with van der Waals surface area (Å²) in [6.07, 6.45) is 2.02. The number of carbonyl (C=O) groups is 3. The molecule has 1 aromatic rings. The number of nitrogens with one attached hydrogen (secondary N) is 3. The Hall–Kier alpha value is -2.37. The summed E-state index contributed by atoms with van der Waals surface area (Å²) in [4.78, 5) is 35.2. The molecular formula is C16H21N3O3. The predicted octanol–water partition coefficient (Wildman–Crippen LogP) is 1.29. The zero-order chi connectivity index (χ0) is 16.1. The summed E-state index contributed by atoms with van der Waals surface area (Å²) in [5.74, 6) is -0.767. The van der Waals surface area contributed by atoms with E-state index in [4.69, 9.17) is 0 Å². The second-order valence-corrected chi connectivity index (χ2v) is 5.75. The molecule has 0 saturated heterocycles. The van der Waals surface area contributed by atoms with Gasteiger partial charge >= 0.3 is 0 Å². The molecule has 3 amide bonds. The average molecular weight is 303 g/mol. The molecule has 0 spiro atoms. The highest BCUT2D eigenvalue weighted by Gasteiger charge is 2.23. The molecule has 0 unspecified atom stereocenters. The van der Waals surface area contributed by atoms with Crippen LogP contribution < -0.4 is 16.0 Å². The van der Waals surface area contributed by atoms with Crippen molar-refractivity contribution in [3.05, 3.63) is 29.8 Å². The number of anilines is 1. The molecule has 3 N–H and O–H groups in total. The lowest BCUT2D eigenvalue weighted by atomic mass is 10.1. The molecule has 0 bridgehead atoms. The van der Waals surface area contributed by atoms with Crippen LogP contribution in [0.25, 0.3) is 0 Å². The predicted molar refractivity (Wildman–Crippen MR) is 83.4 cm³/mol.